The first-order chi connectivity index (χ1) is 14.9. The summed E-state index contributed by atoms with van der Waals surface area (Å²) in [6.45, 7) is 1.92. The number of esters is 1. The van der Waals surface area contributed by atoms with Crippen LogP contribution in [0.5, 0.6) is 0 Å². The minimum atomic E-state index is -1.09. The zero-order valence-corrected chi connectivity index (χ0v) is 18.5. The van der Waals surface area contributed by atoms with Crippen molar-refractivity contribution in [2.24, 2.45) is 0 Å². The number of carboxylic acid groups (broad SMARTS) is 1. The van der Waals surface area contributed by atoms with Crippen LogP contribution in [0, 0.1) is 0 Å². The Balaban J connectivity index is 1.68. The van der Waals surface area contributed by atoms with Gasteiger partial charge in [-0.05, 0) is 50.3 Å². The van der Waals surface area contributed by atoms with Gasteiger partial charge in [0, 0.05) is 16.2 Å². The molecule has 0 radical (unpaired) electrons. The minimum Gasteiger partial charge on any atom is -0.478 e. The molecule has 162 valence electrons. The molecule has 31 heavy (non-hydrogen) atoms. The predicted octanol–water partition coefficient (Wildman–Crippen LogP) is 3.93. The summed E-state index contributed by atoms with van der Waals surface area (Å²) in [6, 6.07) is 6.40. The minimum absolute atomic E-state index is 0.0533. The van der Waals surface area contributed by atoms with E-state index in [9.17, 15) is 24.3 Å². The van der Waals surface area contributed by atoms with Crippen molar-refractivity contribution in [3.8, 4) is 0 Å². The normalized spacial score (nSPS) is 18.2. The Morgan fingerprint density at radius 1 is 1.23 bits per heavy atom. The van der Waals surface area contributed by atoms with Gasteiger partial charge in [0.25, 0.3) is 0 Å². The number of anilines is 1. The molecule has 2 amide bonds. The van der Waals surface area contributed by atoms with E-state index in [0.29, 0.717) is 15.5 Å². The molecule has 0 bridgehead atoms. The van der Waals surface area contributed by atoms with Gasteiger partial charge in [-0.1, -0.05) is 12.1 Å². The number of ether oxygens (including phenoxy) is 1. The summed E-state index contributed by atoms with van der Waals surface area (Å²) in [5.41, 5.74) is 1.31. The van der Waals surface area contributed by atoms with Crippen LogP contribution in [-0.4, -0.2) is 40.7 Å². The van der Waals surface area contributed by atoms with Crippen molar-refractivity contribution in [3.05, 3.63) is 45.8 Å². The molecule has 0 spiro atoms. The average Bonchev–Trinajstić information content (AvgIpc) is 3.25. The Kier molecular flexibility index (Phi) is 6.15. The molecule has 1 aromatic heterocycles. The lowest BCUT2D eigenvalue weighted by molar-refractivity contribution is -0.121. The summed E-state index contributed by atoms with van der Waals surface area (Å²) in [6.07, 6.45) is 3.43. The van der Waals surface area contributed by atoms with Crippen LogP contribution in [0.25, 0.3) is 0 Å². The molecule has 4 rings (SSSR count). The van der Waals surface area contributed by atoms with Gasteiger partial charge in [0.2, 0.25) is 11.8 Å². The van der Waals surface area contributed by atoms with Gasteiger partial charge in [-0.3, -0.25) is 9.59 Å². The molecular formula is C22H21NO6S2. The number of benzene rings is 1. The van der Waals surface area contributed by atoms with Crippen molar-refractivity contribution in [1.29, 1.82) is 0 Å². The van der Waals surface area contributed by atoms with E-state index in [2.05, 4.69) is 0 Å². The highest BCUT2D eigenvalue weighted by molar-refractivity contribution is 8.00. The van der Waals surface area contributed by atoms with E-state index in [-0.39, 0.29) is 24.5 Å². The van der Waals surface area contributed by atoms with Crippen molar-refractivity contribution in [2.45, 2.75) is 49.2 Å². The summed E-state index contributed by atoms with van der Waals surface area (Å²) >= 11 is 2.39. The zero-order chi connectivity index (χ0) is 22.1. The fourth-order valence-electron chi connectivity index (χ4n) is 3.93. The highest BCUT2D eigenvalue weighted by Gasteiger charge is 2.44. The SMILES string of the molecule is CCOC(=O)c1c(N2C(=O)C[C@@H](Sc3ccccc3C(=O)O)C2=O)sc2c1CCCC2. The number of fused-ring (bicyclic) bond motifs is 1. The predicted molar refractivity (Wildman–Crippen MR) is 117 cm³/mol. The molecule has 2 aliphatic rings. The van der Waals surface area contributed by atoms with Crippen molar-refractivity contribution in [2.75, 3.05) is 11.5 Å². The van der Waals surface area contributed by atoms with Crippen molar-refractivity contribution >= 4 is 51.9 Å². The van der Waals surface area contributed by atoms with Crippen molar-refractivity contribution in [3.63, 3.8) is 0 Å². The maximum atomic E-state index is 13.2. The molecule has 1 saturated heterocycles. The fraction of sp³-hybridized carbons (Fsp3) is 0.364. The standard InChI is InChI=1S/C22H21NO6S2/c1-2-29-22(28)18-12-7-3-5-9-14(12)31-20(18)23-17(24)11-16(19(23)25)30-15-10-6-4-8-13(15)21(26)27/h4,6,8,10,16H,2-3,5,7,9,11H2,1H3,(H,26,27)/t16-/m1/s1. The Bertz CT molecular complexity index is 1080. The summed E-state index contributed by atoms with van der Waals surface area (Å²) in [7, 11) is 0. The molecule has 7 nitrogen and oxygen atoms in total. The van der Waals surface area contributed by atoms with Gasteiger partial charge in [0.15, 0.2) is 0 Å². The van der Waals surface area contributed by atoms with E-state index < -0.39 is 23.1 Å². The van der Waals surface area contributed by atoms with Gasteiger partial charge in [0.05, 0.1) is 23.0 Å². The number of carbonyl (C=O) groups excluding carboxylic acids is 3. The topological polar surface area (TPSA) is 101 Å². The van der Waals surface area contributed by atoms with E-state index in [1.165, 1.54) is 17.4 Å². The van der Waals surface area contributed by atoms with Gasteiger partial charge < -0.3 is 9.84 Å². The second-order valence-corrected chi connectivity index (χ2v) is 9.62. The molecule has 0 unspecified atom stereocenters. The Morgan fingerprint density at radius 2 is 1.97 bits per heavy atom. The first-order valence-corrected chi connectivity index (χ1v) is 11.8. The number of amides is 2. The van der Waals surface area contributed by atoms with Crippen LogP contribution < -0.4 is 4.90 Å². The number of rotatable bonds is 6. The Morgan fingerprint density at radius 3 is 2.71 bits per heavy atom. The maximum absolute atomic E-state index is 13.2. The number of carboxylic acids is 1. The summed E-state index contributed by atoms with van der Waals surface area (Å²) in [4.78, 5) is 52.9. The third-order valence-corrected chi connectivity index (χ3v) is 7.87. The largest absolute Gasteiger partial charge is 0.478 e. The number of hydrogen-bond donors (Lipinski definition) is 1. The zero-order valence-electron chi connectivity index (χ0n) is 16.9. The Hall–Kier alpha value is -2.65. The van der Waals surface area contributed by atoms with E-state index in [1.54, 1.807) is 25.1 Å². The van der Waals surface area contributed by atoms with E-state index in [4.69, 9.17) is 4.74 Å². The number of hydrogen-bond acceptors (Lipinski definition) is 7. The molecule has 1 aliphatic carbocycles. The molecule has 2 heterocycles. The van der Waals surface area contributed by atoms with Crippen LogP contribution in [0.2, 0.25) is 0 Å². The molecule has 2 aromatic rings. The van der Waals surface area contributed by atoms with Gasteiger partial charge in [-0.15, -0.1) is 23.1 Å². The van der Waals surface area contributed by atoms with E-state index in [0.717, 1.165) is 52.8 Å². The number of thiophene rings is 1. The molecule has 1 N–H and O–H groups in total. The number of imide groups is 1. The molecular weight excluding hydrogens is 438 g/mol. The van der Waals surface area contributed by atoms with E-state index >= 15 is 0 Å². The highest BCUT2D eigenvalue weighted by Crippen LogP contribution is 2.44. The lowest BCUT2D eigenvalue weighted by atomic mass is 9.95. The first kappa shape index (κ1) is 21.6. The monoisotopic (exact) mass is 459 g/mol. The van der Waals surface area contributed by atoms with Gasteiger partial charge >= 0.3 is 11.9 Å². The lowest BCUT2D eigenvalue weighted by Gasteiger charge is -2.16. The Labute approximate surface area is 187 Å². The fourth-order valence-corrected chi connectivity index (χ4v) is 6.51. The summed E-state index contributed by atoms with van der Waals surface area (Å²) in [5, 5.41) is 9.00. The van der Waals surface area contributed by atoms with Crippen LogP contribution in [0.1, 0.15) is 57.3 Å². The molecule has 0 saturated carbocycles. The molecule has 1 atom stereocenters. The number of thioether (sulfide) groups is 1. The van der Waals surface area contributed by atoms with Crippen LogP contribution in [0.3, 0.4) is 0 Å². The van der Waals surface area contributed by atoms with Gasteiger partial charge in [-0.2, -0.15) is 0 Å². The number of aromatic carboxylic acids is 1. The summed E-state index contributed by atoms with van der Waals surface area (Å²) in [5.74, 6) is -2.42. The second kappa shape index (κ2) is 8.84. The van der Waals surface area contributed by atoms with Crippen molar-refractivity contribution in [1.82, 2.24) is 0 Å². The highest BCUT2D eigenvalue weighted by atomic mass is 32.2. The number of carbonyl (C=O) groups is 4. The van der Waals surface area contributed by atoms with Crippen LogP contribution in [-0.2, 0) is 27.2 Å². The second-order valence-electron chi connectivity index (χ2n) is 7.29. The molecule has 1 aromatic carbocycles. The number of nitrogens with zero attached hydrogens (tertiary/aromatic N) is 1. The first-order valence-electron chi connectivity index (χ1n) is 10.1. The van der Waals surface area contributed by atoms with Crippen LogP contribution in [0.15, 0.2) is 29.2 Å². The van der Waals surface area contributed by atoms with Gasteiger partial charge in [-0.25, -0.2) is 14.5 Å². The van der Waals surface area contributed by atoms with E-state index in [1.807, 2.05) is 0 Å². The van der Waals surface area contributed by atoms with Crippen LogP contribution >= 0.6 is 23.1 Å². The summed E-state index contributed by atoms with van der Waals surface area (Å²) < 4.78 is 5.24. The maximum Gasteiger partial charge on any atom is 0.341 e. The number of aryl methyl sites for hydroxylation is 1. The molecule has 1 aliphatic heterocycles. The quantitative estimate of drug-likeness (QED) is 0.516. The van der Waals surface area contributed by atoms with Crippen molar-refractivity contribution < 1.29 is 29.0 Å². The average molecular weight is 460 g/mol. The van der Waals surface area contributed by atoms with Crippen LogP contribution in [0.4, 0.5) is 5.00 Å². The third-order valence-electron chi connectivity index (χ3n) is 5.33. The lowest BCUT2D eigenvalue weighted by Crippen LogP contribution is -2.32. The third kappa shape index (κ3) is 3.99. The van der Waals surface area contributed by atoms with Gasteiger partial charge in [0.1, 0.15) is 5.00 Å². The molecule has 9 heteroatoms. The molecule has 1 fully saturated rings. The smallest absolute Gasteiger partial charge is 0.341 e.